The Bertz CT molecular complexity index is 703. The highest BCUT2D eigenvalue weighted by atomic mass is 32.2. The number of halogens is 1. The Morgan fingerprint density at radius 2 is 1.87 bits per heavy atom. The number of nitrogens with zero attached hydrogens (tertiary/aromatic N) is 1. The lowest BCUT2D eigenvalue weighted by atomic mass is 10.0. The second kappa shape index (κ2) is 7.18. The Hall–Kier alpha value is -1.81. The van der Waals surface area contributed by atoms with Gasteiger partial charge < -0.3 is 4.90 Å². The van der Waals surface area contributed by atoms with E-state index in [9.17, 15) is 9.18 Å². The second-order valence-electron chi connectivity index (χ2n) is 5.78. The molecule has 2 aromatic rings. The van der Waals surface area contributed by atoms with Crippen molar-refractivity contribution in [3.8, 4) is 0 Å². The van der Waals surface area contributed by atoms with E-state index < -0.39 is 5.82 Å². The van der Waals surface area contributed by atoms with E-state index in [4.69, 9.17) is 0 Å². The van der Waals surface area contributed by atoms with Crippen LogP contribution in [0.5, 0.6) is 0 Å². The van der Waals surface area contributed by atoms with Crippen molar-refractivity contribution in [1.82, 2.24) is 4.90 Å². The van der Waals surface area contributed by atoms with E-state index in [1.807, 2.05) is 17.8 Å². The largest absolute Gasteiger partial charge is 0.338 e. The molecule has 0 saturated carbocycles. The first-order valence-corrected chi connectivity index (χ1v) is 8.92. The van der Waals surface area contributed by atoms with Gasteiger partial charge in [0.05, 0.1) is 5.56 Å². The molecule has 1 saturated heterocycles. The molecule has 0 spiro atoms. The molecule has 0 aromatic heterocycles. The Labute approximate surface area is 140 Å². The Balaban J connectivity index is 1.73. The molecule has 1 aliphatic rings. The third kappa shape index (κ3) is 3.58. The van der Waals surface area contributed by atoms with Crippen LogP contribution in [0.4, 0.5) is 4.39 Å². The molecule has 1 amide bonds. The smallest absolute Gasteiger partial charge is 0.256 e. The quantitative estimate of drug-likeness (QED) is 0.811. The van der Waals surface area contributed by atoms with Crippen LogP contribution < -0.4 is 0 Å². The standard InChI is InChI=1S/C19H20FNOS/c1-14-6-2-3-7-15(14)18-10-11-21(12-13-23-18)19(22)16-8-4-5-9-17(16)20/h2-9,18H,10-13H2,1H3. The van der Waals surface area contributed by atoms with E-state index in [0.29, 0.717) is 18.3 Å². The van der Waals surface area contributed by atoms with Crippen molar-refractivity contribution < 1.29 is 9.18 Å². The average Bonchev–Trinajstić information content (AvgIpc) is 2.81. The highest BCUT2D eigenvalue weighted by Gasteiger charge is 2.24. The van der Waals surface area contributed by atoms with Crippen LogP contribution in [0.25, 0.3) is 0 Å². The van der Waals surface area contributed by atoms with Gasteiger partial charge in [-0.1, -0.05) is 36.4 Å². The van der Waals surface area contributed by atoms with Crippen molar-refractivity contribution in [3.63, 3.8) is 0 Å². The van der Waals surface area contributed by atoms with Crippen molar-refractivity contribution in [2.45, 2.75) is 18.6 Å². The monoisotopic (exact) mass is 329 g/mol. The molecule has 0 radical (unpaired) electrons. The number of amides is 1. The van der Waals surface area contributed by atoms with Gasteiger partial charge in [-0.05, 0) is 36.6 Å². The molecule has 0 N–H and O–H groups in total. The molecule has 1 fully saturated rings. The first-order valence-electron chi connectivity index (χ1n) is 7.88. The topological polar surface area (TPSA) is 20.3 Å². The summed E-state index contributed by atoms with van der Waals surface area (Å²) >= 11 is 1.88. The lowest BCUT2D eigenvalue weighted by Crippen LogP contribution is -2.33. The Morgan fingerprint density at radius 1 is 1.13 bits per heavy atom. The van der Waals surface area contributed by atoms with E-state index in [0.717, 1.165) is 12.2 Å². The van der Waals surface area contributed by atoms with Crippen LogP contribution in [0.1, 0.15) is 33.2 Å². The van der Waals surface area contributed by atoms with Crippen LogP contribution in [-0.4, -0.2) is 29.6 Å². The minimum absolute atomic E-state index is 0.173. The minimum Gasteiger partial charge on any atom is -0.338 e. The van der Waals surface area contributed by atoms with Gasteiger partial charge in [0.2, 0.25) is 0 Å². The van der Waals surface area contributed by atoms with Gasteiger partial charge in [0, 0.05) is 24.1 Å². The van der Waals surface area contributed by atoms with Gasteiger partial charge in [-0.2, -0.15) is 11.8 Å². The number of benzene rings is 2. The molecule has 1 unspecified atom stereocenters. The van der Waals surface area contributed by atoms with Crippen molar-refractivity contribution in [1.29, 1.82) is 0 Å². The molecule has 23 heavy (non-hydrogen) atoms. The maximum atomic E-state index is 13.8. The van der Waals surface area contributed by atoms with Crippen molar-refractivity contribution in [2.24, 2.45) is 0 Å². The molecule has 0 bridgehead atoms. The predicted molar refractivity (Wildman–Crippen MR) is 93.3 cm³/mol. The summed E-state index contributed by atoms with van der Waals surface area (Å²) in [5.74, 6) is 0.234. The van der Waals surface area contributed by atoms with Crippen LogP contribution in [0, 0.1) is 12.7 Å². The van der Waals surface area contributed by atoms with Gasteiger partial charge >= 0.3 is 0 Å². The highest BCUT2D eigenvalue weighted by Crippen LogP contribution is 2.36. The van der Waals surface area contributed by atoms with Crippen LogP contribution in [-0.2, 0) is 0 Å². The third-order valence-electron chi connectivity index (χ3n) is 4.27. The van der Waals surface area contributed by atoms with Gasteiger partial charge in [-0.15, -0.1) is 0 Å². The van der Waals surface area contributed by atoms with Gasteiger partial charge in [0.1, 0.15) is 5.82 Å². The molecule has 1 atom stereocenters. The van der Waals surface area contributed by atoms with E-state index >= 15 is 0 Å². The predicted octanol–water partition coefficient (Wildman–Crippen LogP) is 4.45. The molecule has 3 rings (SSSR count). The molecule has 1 heterocycles. The van der Waals surface area contributed by atoms with Crippen LogP contribution in [0.2, 0.25) is 0 Å². The number of rotatable bonds is 2. The zero-order valence-corrected chi connectivity index (χ0v) is 14.0. The summed E-state index contributed by atoms with van der Waals surface area (Å²) < 4.78 is 13.8. The Morgan fingerprint density at radius 3 is 2.65 bits per heavy atom. The molecular formula is C19H20FNOS. The fraction of sp³-hybridized carbons (Fsp3) is 0.316. The molecule has 0 aliphatic carbocycles. The van der Waals surface area contributed by atoms with Crippen molar-refractivity contribution in [2.75, 3.05) is 18.8 Å². The van der Waals surface area contributed by atoms with Crippen molar-refractivity contribution >= 4 is 17.7 Å². The number of carbonyl (C=O) groups excluding carboxylic acids is 1. The summed E-state index contributed by atoms with van der Waals surface area (Å²) in [6, 6.07) is 14.6. The lowest BCUT2D eigenvalue weighted by Gasteiger charge is -2.21. The summed E-state index contributed by atoms with van der Waals surface area (Å²) in [5.41, 5.74) is 2.81. The van der Waals surface area contributed by atoms with Crippen LogP contribution in [0.3, 0.4) is 0 Å². The lowest BCUT2D eigenvalue weighted by molar-refractivity contribution is 0.0762. The summed E-state index contributed by atoms with van der Waals surface area (Å²) in [5, 5.41) is 0.398. The van der Waals surface area contributed by atoms with E-state index in [2.05, 4.69) is 25.1 Å². The maximum Gasteiger partial charge on any atom is 0.256 e. The zero-order valence-electron chi connectivity index (χ0n) is 13.2. The molecular weight excluding hydrogens is 309 g/mol. The number of thioether (sulfide) groups is 1. The minimum atomic E-state index is -0.440. The summed E-state index contributed by atoms with van der Waals surface area (Å²) in [4.78, 5) is 14.3. The maximum absolute atomic E-state index is 13.8. The number of hydrogen-bond donors (Lipinski definition) is 0. The Kier molecular flexibility index (Phi) is 5.01. The molecule has 4 heteroatoms. The SMILES string of the molecule is Cc1ccccc1C1CCN(C(=O)c2ccccc2F)CCS1. The summed E-state index contributed by atoms with van der Waals surface area (Å²) in [6.07, 6.45) is 0.899. The third-order valence-corrected chi connectivity index (χ3v) is 5.58. The molecule has 1 aliphatic heterocycles. The highest BCUT2D eigenvalue weighted by molar-refractivity contribution is 7.99. The van der Waals surface area contributed by atoms with Gasteiger partial charge in [-0.25, -0.2) is 4.39 Å². The van der Waals surface area contributed by atoms with Crippen LogP contribution in [0.15, 0.2) is 48.5 Å². The molecule has 2 aromatic carbocycles. The van der Waals surface area contributed by atoms with Crippen LogP contribution >= 0.6 is 11.8 Å². The normalized spacial score (nSPS) is 18.5. The molecule has 120 valence electrons. The fourth-order valence-electron chi connectivity index (χ4n) is 2.97. The fourth-order valence-corrected chi connectivity index (χ4v) is 4.30. The first kappa shape index (κ1) is 16.1. The van der Waals surface area contributed by atoms with Gasteiger partial charge in [0.15, 0.2) is 0 Å². The van der Waals surface area contributed by atoms with E-state index in [1.54, 1.807) is 23.1 Å². The number of carbonyl (C=O) groups is 1. The van der Waals surface area contributed by atoms with E-state index in [-0.39, 0.29) is 11.5 Å². The zero-order chi connectivity index (χ0) is 16.2. The summed E-state index contributed by atoms with van der Waals surface area (Å²) in [6.45, 7) is 3.46. The van der Waals surface area contributed by atoms with Gasteiger partial charge in [0.25, 0.3) is 5.91 Å². The number of hydrogen-bond acceptors (Lipinski definition) is 2. The first-order chi connectivity index (χ1) is 11.2. The van der Waals surface area contributed by atoms with E-state index in [1.165, 1.54) is 17.2 Å². The number of aryl methyl sites for hydroxylation is 1. The molecule has 2 nitrogen and oxygen atoms in total. The van der Waals surface area contributed by atoms with Crippen molar-refractivity contribution in [3.05, 3.63) is 71.0 Å². The van der Waals surface area contributed by atoms with Gasteiger partial charge in [-0.3, -0.25) is 4.79 Å². The average molecular weight is 329 g/mol. The summed E-state index contributed by atoms with van der Waals surface area (Å²) in [7, 11) is 0. The second-order valence-corrected chi connectivity index (χ2v) is 7.09.